The number of fused-ring (bicyclic) bond motifs is 2. The van der Waals surface area contributed by atoms with Crippen LogP contribution >= 0.6 is 11.6 Å². The Labute approximate surface area is 150 Å². The zero-order chi connectivity index (χ0) is 16.9. The summed E-state index contributed by atoms with van der Waals surface area (Å²) >= 11 is 6.29. The van der Waals surface area contributed by atoms with Gasteiger partial charge in [-0.25, -0.2) is 0 Å². The van der Waals surface area contributed by atoms with E-state index in [1.54, 1.807) is 0 Å². The Balaban J connectivity index is 2.00. The molecule has 0 amide bonds. The van der Waals surface area contributed by atoms with Crippen LogP contribution in [0.3, 0.4) is 0 Å². The highest BCUT2D eigenvalue weighted by molar-refractivity contribution is 6.31. The van der Waals surface area contributed by atoms with E-state index in [4.69, 9.17) is 16.6 Å². The fraction of sp³-hybridized carbons (Fsp3) is 0.381. The molecule has 0 saturated carbocycles. The highest BCUT2D eigenvalue weighted by Gasteiger charge is 2.19. The molecular weight excluding hydrogens is 316 g/mol. The number of halogens is 1. The van der Waals surface area contributed by atoms with Crippen molar-refractivity contribution in [1.82, 2.24) is 4.90 Å². The maximum Gasteiger partial charge on any atom is 0.0725 e. The molecule has 3 heteroatoms. The Morgan fingerprint density at radius 3 is 2.42 bits per heavy atom. The molecule has 1 aliphatic rings. The minimum atomic E-state index is 0.782. The zero-order valence-corrected chi connectivity index (χ0v) is 15.3. The van der Waals surface area contributed by atoms with Crippen molar-refractivity contribution < 1.29 is 0 Å². The van der Waals surface area contributed by atoms with Gasteiger partial charge in [-0.1, -0.05) is 55.8 Å². The third kappa shape index (κ3) is 3.71. The van der Waals surface area contributed by atoms with E-state index < -0.39 is 0 Å². The lowest BCUT2D eigenvalue weighted by molar-refractivity contribution is 0.313. The van der Waals surface area contributed by atoms with Crippen molar-refractivity contribution in [3.8, 4) is 0 Å². The van der Waals surface area contributed by atoms with E-state index in [0.717, 1.165) is 49.8 Å². The minimum absolute atomic E-state index is 0.782. The van der Waals surface area contributed by atoms with Crippen LogP contribution in [0.25, 0.3) is 0 Å². The molecule has 2 nitrogen and oxygen atoms in total. The average Bonchev–Trinajstić information content (AvgIpc) is 2.76. The molecule has 0 fully saturated rings. The van der Waals surface area contributed by atoms with Crippen molar-refractivity contribution in [2.75, 3.05) is 26.2 Å². The summed E-state index contributed by atoms with van der Waals surface area (Å²) in [6, 6.07) is 14.9. The quantitative estimate of drug-likeness (QED) is 0.775. The van der Waals surface area contributed by atoms with Crippen LogP contribution in [-0.2, 0) is 12.8 Å². The lowest BCUT2D eigenvalue weighted by Crippen LogP contribution is -2.26. The molecule has 0 heterocycles. The van der Waals surface area contributed by atoms with Crippen molar-refractivity contribution in [2.45, 2.75) is 26.7 Å². The summed E-state index contributed by atoms with van der Waals surface area (Å²) in [4.78, 5) is 7.43. The number of likely N-dealkylation sites (N-methyl/N-ethyl adjacent to an activating group) is 1. The van der Waals surface area contributed by atoms with Crippen LogP contribution in [-0.4, -0.2) is 36.8 Å². The Hall–Kier alpha value is -1.64. The molecule has 0 unspecified atom stereocenters. The molecule has 1 aliphatic carbocycles. The lowest BCUT2D eigenvalue weighted by Gasteiger charge is -2.17. The summed E-state index contributed by atoms with van der Waals surface area (Å²) in [6.07, 6.45) is 2.10. The normalized spacial score (nSPS) is 15.2. The summed E-state index contributed by atoms with van der Waals surface area (Å²) in [5.41, 5.74) is 6.29. The fourth-order valence-corrected chi connectivity index (χ4v) is 3.56. The summed E-state index contributed by atoms with van der Waals surface area (Å²) in [5.74, 6) is 0. The predicted molar refractivity (Wildman–Crippen MR) is 104 cm³/mol. The van der Waals surface area contributed by atoms with Gasteiger partial charge >= 0.3 is 0 Å². The largest absolute Gasteiger partial charge is 0.302 e. The molecule has 0 aromatic heterocycles. The van der Waals surface area contributed by atoms with Crippen LogP contribution in [0.2, 0.25) is 5.02 Å². The number of aryl methyl sites for hydroxylation is 2. The SMILES string of the molecule is CCN(CC)CCN=C1c2ccccc2CCc2ccc(Cl)cc21. The molecule has 24 heavy (non-hydrogen) atoms. The Morgan fingerprint density at radius 1 is 0.958 bits per heavy atom. The van der Waals surface area contributed by atoms with Crippen molar-refractivity contribution in [3.05, 3.63) is 69.7 Å². The number of hydrogen-bond donors (Lipinski definition) is 0. The molecule has 126 valence electrons. The van der Waals surface area contributed by atoms with E-state index in [0.29, 0.717) is 0 Å². The summed E-state index contributed by atoms with van der Waals surface area (Å²) in [6.45, 7) is 8.35. The smallest absolute Gasteiger partial charge is 0.0725 e. The van der Waals surface area contributed by atoms with Gasteiger partial charge in [0.1, 0.15) is 0 Å². The second kappa shape index (κ2) is 7.96. The van der Waals surface area contributed by atoms with Crippen molar-refractivity contribution in [2.24, 2.45) is 4.99 Å². The van der Waals surface area contributed by atoms with Crippen molar-refractivity contribution in [1.29, 1.82) is 0 Å². The number of benzene rings is 2. The first-order chi connectivity index (χ1) is 11.7. The molecule has 0 radical (unpaired) electrons. The monoisotopic (exact) mass is 340 g/mol. The molecule has 2 aromatic carbocycles. The van der Waals surface area contributed by atoms with Gasteiger partial charge in [0.2, 0.25) is 0 Å². The average molecular weight is 341 g/mol. The van der Waals surface area contributed by atoms with Crippen molar-refractivity contribution >= 4 is 17.3 Å². The van der Waals surface area contributed by atoms with Crippen LogP contribution < -0.4 is 0 Å². The van der Waals surface area contributed by atoms with Crippen LogP contribution in [0, 0.1) is 0 Å². The topological polar surface area (TPSA) is 15.6 Å². The highest BCUT2D eigenvalue weighted by atomic mass is 35.5. The second-order valence-electron chi connectivity index (χ2n) is 6.22. The van der Waals surface area contributed by atoms with Crippen LogP contribution in [0.1, 0.15) is 36.1 Å². The van der Waals surface area contributed by atoms with E-state index in [9.17, 15) is 0 Å². The maximum absolute atomic E-state index is 6.29. The van der Waals surface area contributed by atoms with Gasteiger partial charge < -0.3 is 4.90 Å². The molecule has 0 aliphatic heterocycles. The van der Waals surface area contributed by atoms with Crippen molar-refractivity contribution in [3.63, 3.8) is 0 Å². The molecular formula is C21H25ClN2. The highest BCUT2D eigenvalue weighted by Crippen LogP contribution is 2.27. The maximum atomic E-state index is 6.29. The third-order valence-corrected chi connectivity index (χ3v) is 5.08. The van der Waals surface area contributed by atoms with Crippen LogP contribution in [0.4, 0.5) is 0 Å². The molecule has 2 aromatic rings. The minimum Gasteiger partial charge on any atom is -0.302 e. The van der Waals surface area contributed by atoms with E-state index in [1.165, 1.54) is 22.3 Å². The molecule has 3 rings (SSSR count). The van der Waals surface area contributed by atoms with Gasteiger partial charge in [-0.05, 0) is 49.2 Å². The first-order valence-corrected chi connectivity index (χ1v) is 9.24. The zero-order valence-electron chi connectivity index (χ0n) is 14.6. The van der Waals surface area contributed by atoms with Gasteiger partial charge in [0, 0.05) is 22.7 Å². The van der Waals surface area contributed by atoms with E-state index in [1.807, 2.05) is 6.07 Å². The molecule has 0 atom stereocenters. The standard InChI is InChI=1S/C21H25ClN2/c1-3-24(4-2)14-13-23-21-19-8-6-5-7-16(19)9-10-17-11-12-18(22)15-20(17)21/h5-8,11-12,15H,3-4,9-10,13-14H2,1-2H3. The lowest BCUT2D eigenvalue weighted by atomic mass is 9.98. The van der Waals surface area contributed by atoms with Gasteiger partial charge in [-0.15, -0.1) is 0 Å². The molecule has 0 N–H and O–H groups in total. The Kier molecular flexibility index (Phi) is 5.70. The predicted octanol–water partition coefficient (Wildman–Crippen LogP) is 4.62. The van der Waals surface area contributed by atoms with Crippen LogP contribution in [0.15, 0.2) is 47.5 Å². The third-order valence-electron chi connectivity index (χ3n) is 4.84. The van der Waals surface area contributed by atoms with Gasteiger partial charge in [0.25, 0.3) is 0 Å². The van der Waals surface area contributed by atoms with Gasteiger partial charge in [0.05, 0.1) is 12.3 Å². The molecule has 0 bridgehead atoms. The Morgan fingerprint density at radius 2 is 1.67 bits per heavy atom. The summed E-state index contributed by atoms with van der Waals surface area (Å²) < 4.78 is 0. The van der Waals surface area contributed by atoms with Crippen LogP contribution in [0.5, 0.6) is 0 Å². The van der Waals surface area contributed by atoms with Gasteiger partial charge in [0.15, 0.2) is 0 Å². The number of aliphatic imine (C=N–C) groups is 1. The fourth-order valence-electron chi connectivity index (χ4n) is 3.38. The molecule has 0 saturated heterocycles. The van der Waals surface area contributed by atoms with Gasteiger partial charge in [-0.2, -0.15) is 0 Å². The summed E-state index contributed by atoms with van der Waals surface area (Å²) in [5, 5.41) is 0.782. The number of rotatable bonds is 5. The second-order valence-corrected chi connectivity index (χ2v) is 6.65. The summed E-state index contributed by atoms with van der Waals surface area (Å²) in [7, 11) is 0. The van der Waals surface area contributed by atoms with Gasteiger partial charge in [-0.3, -0.25) is 4.99 Å². The molecule has 0 spiro atoms. The van der Waals surface area contributed by atoms with E-state index >= 15 is 0 Å². The first-order valence-electron chi connectivity index (χ1n) is 8.86. The number of nitrogens with zero attached hydrogens (tertiary/aromatic N) is 2. The first kappa shape index (κ1) is 17.2. The van der Waals surface area contributed by atoms with E-state index in [2.05, 4.69) is 55.1 Å². The Bertz CT molecular complexity index is 732. The number of hydrogen-bond acceptors (Lipinski definition) is 2. The van der Waals surface area contributed by atoms with E-state index in [-0.39, 0.29) is 0 Å².